The lowest BCUT2D eigenvalue weighted by atomic mass is 10.4. The first-order valence-corrected chi connectivity index (χ1v) is 12.4. The lowest BCUT2D eigenvalue weighted by Crippen LogP contribution is -2.62. The van der Waals surface area contributed by atoms with E-state index in [2.05, 4.69) is 24.3 Å². The van der Waals surface area contributed by atoms with Crippen LogP contribution in [0, 0.1) is 0 Å². The Morgan fingerprint density at radius 3 is 1.08 bits per heavy atom. The van der Waals surface area contributed by atoms with Crippen LogP contribution in [-0.4, -0.2) is 45.6 Å². The average molecular weight is 365 g/mol. The van der Waals surface area contributed by atoms with E-state index < -0.39 is 17.1 Å². The summed E-state index contributed by atoms with van der Waals surface area (Å²) in [5, 5.41) is 2.24. The maximum atomic E-state index is 5.78. The fourth-order valence-electron chi connectivity index (χ4n) is 2.12. The molecule has 0 aliphatic rings. The van der Waals surface area contributed by atoms with Crippen LogP contribution >= 0.6 is 0 Å². The summed E-state index contributed by atoms with van der Waals surface area (Å²) in [5.74, 6) is 0. The maximum absolute atomic E-state index is 5.78. The van der Waals surface area contributed by atoms with Crippen molar-refractivity contribution in [1.82, 2.24) is 0 Å². The van der Waals surface area contributed by atoms with E-state index in [0.29, 0.717) is 0 Å². The van der Waals surface area contributed by atoms with Crippen molar-refractivity contribution in [2.75, 3.05) is 28.4 Å². The second-order valence-corrected chi connectivity index (χ2v) is 12.4. The van der Waals surface area contributed by atoms with Gasteiger partial charge in [-0.05, 0) is 23.5 Å². The highest BCUT2D eigenvalue weighted by Crippen LogP contribution is 2.07. The van der Waals surface area contributed by atoms with Crippen LogP contribution in [0.25, 0.3) is 0 Å². The molecule has 2 aromatic carbocycles. The monoisotopic (exact) mass is 364 g/mol. The van der Waals surface area contributed by atoms with Gasteiger partial charge in [0.05, 0.1) is 0 Å². The average Bonchev–Trinajstić information content (AvgIpc) is 2.66. The molecule has 0 amide bonds. The predicted molar refractivity (Wildman–Crippen MR) is 103 cm³/mol. The van der Waals surface area contributed by atoms with Crippen LogP contribution in [0.1, 0.15) is 0 Å². The molecule has 6 heteroatoms. The number of rotatable bonds is 6. The molecule has 0 saturated carbocycles. The SMILES string of the molecule is CO[Si](C)(C)OC.CO[Si](OC)(c1ccccc1)c1ccccc1. The molecule has 0 bridgehead atoms. The first kappa shape index (κ1) is 20.8. The van der Waals surface area contributed by atoms with Crippen LogP contribution < -0.4 is 10.4 Å². The van der Waals surface area contributed by atoms with Crippen molar-refractivity contribution in [3.8, 4) is 0 Å². The Balaban J connectivity index is 0.000000351. The molecule has 0 N–H and O–H groups in total. The molecule has 2 rings (SSSR count). The van der Waals surface area contributed by atoms with E-state index in [-0.39, 0.29) is 0 Å². The molecule has 0 aromatic heterocycles. The molecule has 0 aliphatic carbocycles. The molecule has 0 atom stereocenters. The van der Waals surface area contributed by atoms with Gasteiger partial charge in [-0.15, -0.1) is 0 Å². The molecule has 0 saturated heterocycles. The van der Waals surface area contributed by atoms with Crippen molar-refractivity contribution in [3.63, 3.8) is 0 Å². The summed E-state index contributed by atoms with van der Waals surface area (Å²) < 4.78 is 21.6. The van der Waals surface area contributed by atoms with E-state index >= 15 is 0 Å². The van der Waals surface area contributed by atoms with Crippen LogP contribution in [0.4, 0.5) is 0 Å². The standard InChI is InChI=1S/C14H16O2Si.C4H12O2Si/c1-15-17(16-2,13-9-5-3-6-10-13)14-11-7-4-8-12-14;1-5-7(3,4)6-2/h3-12H,1-2H3;1-4H3. The molecule has 0 fully saturated rings. The Bertz CT molecular complexity index is 525. The van der Waals surface area contributed by atoms with Crippen molar-refractivity contribution in [2.24, 2.45) is 0 Å². The molecule has 0 radical (unpaired) electrons. The Hall–Kier alpha value is -1.29. The second-order valence-electron chi connectivity index (χ2n) is 5.56. The third-order valence-electron chi connectivity index (χ3n) is 3.87. The van der Waals surface area contributed by atoms with Gasteiger partial charge in [-0.2, -0.15) is 0 Å². The molecule has 2 aromatic rings. The molecular weight excluding hydrogens is 336 g/mol. The molecule has 0 unspecified atom stereocenters. The zero-order chi connectivity index (χ0) is 18.1. The summed E-state index contributed by atoms with van der Waals surface area (Å²) in [6, 6.07) is 20.3. The van der Waals surface area contributed by atoms with Crippen molar-refractivity contribution >= 4 is 27.5 Å². The highest BCUT2D eigenvalue weighted by atomic mass is 28.4. The van der Waals surface area contributed by atoms with Gasteiger partial charge in [0, 0.05) is 28.4 Å². The minimum atomic E-state index is -2.50. The molecule has 0 aliphatic heterocycles. The molecule has 0 heterocycles. The lowest BCUT2D eigenvalue weighted by Gasteiger charge is -2.27. The van der Waals surface area contributed by atoms with E-state index in [9.17, 15) is 0 Å². The third kappa shape index (κ3) is 5.37. The number of hydrogen-bond donors (Lipinski definition) is 0. The molecular formula is C18H28O4Si2. The van der Waals surface area contributed by atoms with Gasteiger partial charge in [-0.3, -0.25) is 0 Å². The van der Waals surface area contributed by atoms with Crippen LogP contribution in [0.3, 0.4) is 0 Å². The summed E-state index contributed by atoms with van der Waals surface area (Å²) in [5.41, 5.74) is 0. The van der Waals surface area contributed by atoms with Crippen molar-refractivity contribution < 1.29 is 17.7 Å². The van der Waals surface area contributed by atoms with Gasteiger partial charge in [-0.1, -0.05) is 60.7 Å². The van der Waals surface area contributed by atoms with Crippen LogP contribution in [0.2, 0.25) is 13.1 Å². The fraction of sp³-hybridized carbons (Fsp3) is 0.333. The number of hydrogen-bond acceptors (Lipinski definition) is 4. The minimum absolute atomic E-state index is 1.12. The Kier molecular flexibility index (Phi) is 8.54. The zero-order valence-corrected chi connectivity index (χ0v) is 17.4. The van der Waals surface area contributed by atoms with Crippen LogP contribution in [-0.2, 0) is 17.7 Å². The van der Waals surface area contributed by atoms with Crippen molar-refractivity contribution in [2.45, 2.75) is 13.1 Å². The van der Waals surface area contributed by atoms with Gasteiger partial charge in [0.1, 0.15) is 0 Å². The fourth-order valence-corrected chi connectivity index (χ4v) is 4.99. The van der Waals surface area contributed by atoms with Gasteiger partial charge < -0.3 is 17.7 Å². The maximum Gasteiger partial charge on any atom is 0.406 e. The number of benzene rings is 2. The first-order valence-electron chi connectivity index (χ1n) is 7.77. The van der Waals surface area contributed by atoms with Gasteiger partial charge in [0.25, 0.3) is 0 Å². The van der Waals surface area contributed by atoms with Gasteiger partial charge >= 0.3 is 17.1 Å². The molecule has 132 valence electrons. The third-order valence-corrected chi connectivity index (χ3v) is 9.17. The van der Waals surface area contributed by atoms with E-state index in [4.69, 9.17) is 17.7 Å². The van der Waals surface area contributed by atoms with Gasteiger partial charge in [-0.25, -0.2) is 0 Å². The zero-order valence-electron chi connectivity index (χ0n) is 15.4. The normalized spacial score (nSPS) is 11.6. The van der Waals surface area contributed by atoms with E-state index in [1.807, 2.05) is 49.5 Å². The second kappa shape index (κ2) is 9.88. The topological polar surface area (TPSA) is 36.9 Å². The van der Waals surface area contributed by atoms with Gasteiger partial charge in [0.15, 0.2) is 0 Å². The first-order chi connectivity index (χ1) is 11.5. The minimum Gasteiger partial charge on any atom is -0.398 e. The van der Waals surface area contributed by atoms with Crippen molar-refractivity contribution in [3.05, 3.63) is 60.7 Å². The summed E-state index contributed by atoms with van der Waals surface area (Å²) in [6.07, 6.45) is 0. The summed E-state index contributed by atoms with van der Waals surface area (Å²) in [6.45, 7) is 3.99. The molecule has 24 heavy (non-hydrogen) atoms. The Morgan fingerprint density at radius 1 is 0.542 bits per heavy atom. The smallest absolute Gasteiger partial charge is 0.398 e. The molecule has 0 spiro atoms. The molecule has 4 nitrogen and oxygen atoms in total. The summed E-state index contributed by atoms with van der Waals surface area (Å²) in [7, 11) is 2.64. The van der Waals surface area contributed by atoms with E-state index in [1.165, 1.54) is 0 Å². The van der Waals surface area contributed by atoms with Crippen LogP contribution in [0.15, 0.2) is 60.7 Å². The van der Waals surface area contributed by atoms with E-state index in [0.717, 1.165) is 10.4 Å². The Morgan fingerprint density at radius 2 is 0.875 bits per heavy atom. The quantitative estimate of drug-likeness (QED) is 0.738. The van der Waals surface area contributed by atoms with Crippen molar-refractivity contribution in [1.29, 1.82) is 0 Å². The van der Waals surface area contributed by atoms with Gasteiger partial charge in [0.2, 0.25) is 0 Å². The van der Waals surface area contributed by atoms with E-state index in [1.54, 1.807) is 28.4 Å². The largest absolute Gasteiger partial charge is 0.406 e. The highest BCUT2D eigenvalue weighted by molar-refractivity contribution is 6.92. The van der Waals surface area contributed by atoms with Crippen LogP contribution in [0.5, 0.6) is 0 Å². The Labute approximate surface area is 147 Å². The summed E-state index contributed by atoms with van der Waals surface area (Å²) >= 11 is 0. The predicted octanol–water partition coefficient (Wildman–Crippen LogP) is 2.52. The lowest BCUT2D eigenvalue weighted by molar-refractivity contribution is 0.258. The summed E-state index contributed by atoms with van der Waals surface area (Å²) in [4.78, 5) is 0. The highest BCUT2D eigenvalue weighted by Gasteiger charge is 2.40.